The predicted molar refractivity (Wildman–Crippen MR) is 116 cm³/mol. The van der Waals surface area contributed by atoms with Gasteiger partial charge in [0.2, 0.25) is 0 Å². The van der Waals surface area contributed by atoms with E-state index >= 15 is 0 Å². The number of rotatable bonds is 6. The number of carbonyl (C=O) groups excluding carboxylic acids is 1. The molecule has 0 fully saturated rings. The lowest BCUT2D eigenvalue weighted by molar-refractivity contribution is -0.127. The number of amides is 1. The van der Waals surface area contributed by atoms with Gasteiger partial charge in [0, 0.05) is 0 Å². The first-order chi connectivity index (χ1) is 13.3. The first-order valence-corrected chi connectivity index (χ1v) is 9.62. The van der Waals surface area contributed by atoms with Gasteiger partial charge in [-0.2, -0.15) is 0 Å². The van der Waals surface area contributed by atoms with E-state index in [1.807, 2.05) is 32.9 Å². The molecule has 0 saturated heterocycles. The predicted octanol–water partition coefficient (Wildman–Crippen LogP) is 4.14. The standard InChI is InChI=1S/C20H24ClN3O3S/c1-5-26-15-6-8-16(9-7-15)27-14(4)19(25)23-24-20(28)22-18-13(3)10-12(2)11-17(18)21/h6-11,14H,5H2,1-4H3,(H,23,25)(H2,22,24,28)/t14-/m0/s1. The molecule has 0 radical (unpaired) electrons. The molecule has 0 aromatic heterocycles. The van der Waals surface area contributed by atoms with Crippen LogP contribution in [0, 0.1) is 13.8 Å². The summed E-state index contributed by atoms with van der Waals surface area (Å²) in [5.74, 6) is 0.939. The third-order valence-corrected chi connectivity index (χ3v) is 4.29. The van der Waals surface area contributed by atoms with E-state index in [2.05, 4.69) is 16.2 Å². The van der Waals surface area contributed by atoms with Crippen LogP contribution in [-0.2, 0) is 4.79 Å². The Morgan fingerprint density at radius 1 is 1.14 bits per heavy atom. The number of hydrogen-bond acceptors (Lipinski definition) is 4. The first kappa shape index (κ1) is 21.8. The van der Waals surface area contributed by atoms with Crippen molar-refractivity contribution in [1.29, 1.82) is 0 Å². The van der Waals surface area contributed by atoms with Crippen molar-refractivity contribution in [2.45, 2.75) is 33.8 Å². The van der Waals surface area contributed by atoms with Crippen molar-refractivity contribution >= 4 is 40.5 Å². The van der Waals surface area contributed by atoms with Crippen molar-refractivity contribution in [1.82, 2.24) is 10.9 Å². The molecule has 0 bridgehead atoms. The quantitative estimate of drug-likeness (QED) is 0.481. The van der Waals surface area contributed by atoms with Crippen LogP contribution in [0.5, 0.6) is 11.5 Å². The molecule has 0 aliphatic rings. The van der Waals surface area contributed by atoms with E-state index in [0.29, 0.717) is 23.1 Å². The second-order valence-corrected chi connectivity index (χ2v) is 6.99. The monoisotopic (exact) mass is 421 g/mol. The lowest BCUT2D eigenvalue weighted by Gasteiger charge is -2.18. The summed E-state index contributed by atoms with van der Waals surface area (Å²) in [6.07, 6.45) is -0.724. The van der Waals surface area contributed by atoms with E-state index in [4.69, 9.17) is 33.3 Å². The van der Waals surface area contributed by atoms with E-state index in [-0.39, 0.29) is 11.0 Å². The molecule has 8 heteroatoms. The minimum atomic E-state index is -0.724. The molecular weight excluding hydrogens is 398 g/mol. The zero-order valence-electron chi connectivity index (χ0n) is 16.3. The summed E-state index contributed by atoms with van der Waals surface area (Å²) in [5.41, 5.74) is 7.87. The van der Waals surface area contributed by atoms with Gasteiger partial charge in [-0.1, -0.05) is 17.7 Å². The van der Waals surface area contributed by atoms with Gasteiger partial charge in [-0.15, -0.1) is 0 Å². The number of halogens is 1. The van der Waals surface area contributed by atoms with E-state index < -0.39 is 6.10 Å². The largest absolute Gasteiger partial charge is 0.494 e. The minimum Gasteiger partial charge on any atom is -0.494 e. The molecule has 3 N–H and O–H groups in total. The van der Waals surface area contributed by atoms with Gasteiger partial charge in [0.25, 0.3) is 5.91 Å². The number of anilines is 1. The van der Waals surface area contributed by atoms with Crippen LogP contribution < -0.4 is 25.6 Å². The van der Waals surface area contributed by atoms with Gasteiger partial charge in [-0.05, 0) is 81.4 Å². The lowest BCUT2D eigenvalue weighted by Crippen LogP contribution is -2.48. The molecule has 2 aromatic carbocycles. The number of ether oxygens (including phenoxy) is 2. The summed E-state index contributed by atoms with van der Waals surface area (Å²) >= 11 is 11.5. The Kier molecular flexibility index (Phi) is 7.90. The number of hydrogen-bond donors (Lipinski definition) is 3. The molecule has 150 valence electrons. The Labute approximate surface area is 175 Å². The lowest BCUT2D eigenvalue weighted by atomic mass is 10.1. The molecule has 1 atom stereocenters. The number of aryl methyl sites for hydroxylation is 2. The van der Waals surface area contributed by atoms with Crippen molar-refractivity contribution in [3.8, 4) is 11.5 Å². The van der Waals surface area contributed by atoms with Gasteiger partial charge in [0.05, 0.1) is 17.3 Å². The van der Waals surface area contributed by atoms with E-state index in [1.165, 1.54) is 0 Å². The summed E-state index contributed by atoms with van der Waals surface area (Å²) in [4.78, 5) is 12.2. The van der Waals surface area contributed by atoms with Crippen LogP contribution in [0.3, 0.4) is 0 Å². The van der Waals surface area contributed by atoms with E-state index in [0.717, 1.165) is 16.9 Å². The van der Waals surface area contributed by atoms with Gasteiger partial charge in [0.1, 0.15) is 11.5 Å². The maximum atomic E-state index is 12.2. The summed E-state index contributed by atoms with van der Waals surface area (Å²) in [6, 6.07) is 10.9. The molecule has 6 nitrogen and oxygen atoms in total. The van der Waals surface area contributed by atoms with Crippen LogP contribution in [0.1, 0.15) is 25.0 Å². The van der Waals surface area contributed by atoms with Crippen LogP contribution in [-0.4, -0.2) is 23.7 Å². The third-order valence-electron chi connectivity index (χ3n) is 3.79. The molecule has 0 spiro atoms. The van der Waals surface area contributed by atoms with Crippen molar-refractivity contribution in [2.24, 2.45) is 0 Å². The third kappa shape index (κ3) is 6.28. The number of carbonyl (C=O) groups is 1. The van der Waals surface area contributed by atoms with E-state index in [9.17, 15) is 4.79 Å². The summed E-state index contributed by atoms with van der Waals surface area (Å²) in [6.45, 7) is 8.04. The maximum absolute atomic E-state index is 12.2. The molecular formula is C20H24ClN3O3S. The van der Waals surface area contributed by atoms with E-state index in [1.54, 1.807) is 31.2 Å². The highest BCUT2D eigenvalue weighted by Crippen LogP contribution is 2.27. The Morgan fingerprint density at radius 3 is 2.39 bits per heavy atom. The highest BCUT2D eigenvalue weighted by Gasteiger charge is 2.15. The first-order valence-electron chi connectivity index (χ1n) is 8.83. The Bertz CT molecular complexity index is 820. The molecule has 0 heterocycles. The van der Waals surface area contributed by atoms with Crippen molar-refractivity contribution < 1.29 is 14.3 Å². The van der Waals surface area contributed by atoms with Gasteiger partial charge in [-0.25, -0.2) is 0 Å². The molecule has 2 aromatic rings. The van der Waals surface area contributed by atoms with Gasteiger partial charge in [-0.3, -0.25) is 15.6 Å². The summed E-state index contributed by atoms with van der Waals surface area (Å²) < 4.78 is 11.0. The highest BCUT2D eigenvalue weighted by atomic mass is 35.5. The Balaban J connectivity index is 1.84. The molecule has 0 unspecified atom stereocenters. The normalized spacial score (nSPS) is 11.3. The fourth-order valence-corrected chi connectivity index (χ4v) is 3.00. The molecule has 28 heavy (non-hydrogen) atoms. The van der Waals surface area contributed by atoms with Gasteiger partial charge >= 0.3 is 0 Å². The number of benzene rings is 2. The number of nitrogens with one attached hydrogen (secondary N) is 3. The molecule has 2 rings (SSSR count). The van der Waals surface area contributed by atoms with Crippen LogP contribution in [0.4, 0.5) is 5.69 Å². The molecule has 1 amide bonds. The van der Waals surface area contributed by atoms with Crippen LogP contribution in [0.25, 0.3) is 0 Å². The smallest absolute Gasteiger partial charge is 0.279 e. The Hall–Kier alpha value is -2.51. The second kappa shape index (κ2) is 10.1. The second-order valence-electron chi connectivity index (χ2n) is 6.17. The molecule has 0 aliphatic carbocycles. The fraction of sp³-hybridized carbons (Fsp3) is 0.300. The van der Waals surface area contributed by atoms with Gasteiger partial charge < -0.3 is 14.8 Å². The SMILES string of the molecule is CCOc1ccc(O[C@@H](C)C(=O)NNC(=S)Nc2c(C)cc(C)cc2Cl)cc1. The minimum absolute atomic E-state index is 0.218. The summed E-state index contributed by atoms with van der Waals surface area (Å²) in [7, 11) is 0. The average Bonchev–Trinajstić information content (AvgIpc) is 2.64. The average molecular weight is 422 g/mol. The van der Waals surface area contributed by atoms with Crippen molar-refractivity contribution in [3.05, 3.63) is 52.5 Å². The van der Waals surface area contributed by atoms with Crippen LogP contribution in [0.2, 0.25) is 5.02 Å². The molecule has 0 aliphatic heterocycles. The van der Waals surface area contributed by atoms with Crippen LogP contribution >= 0.6 is 23.8 Å². The highest BCUT2D eigenvalue weighted by molar-refractivity contribution is 7.80. The zero-order valence-corrected chi connectivity index (χ0v) is 17.8. The van der Waals surface area contributed by atoms with Crippen molar-refractivity contribution in [3.63, 3.8) is 0 Å². The zero-order chi connectivity index (χ0) is 20.7. The van der Waals surface area contributed by atoms with Gasteiger partial charge in [0.15, 0.2) is 11.2 Å². The maximum Gasteiger partial charge on any atom is 0.279 e. The number of hydrazine groups is 1. The Morgan fingerprint density at radius 2 is 1.79 bits per heavy atom. The number of thiocarbonyl (C=S) groups is 1. The summed E-state index contributed by atoms with van der Waals surface area (Å²) in [5, 5.41) is 3.76. The van der Waals surface area contributed by atoms with Crippen molar-refractivity contribution in [2.75, 3.05) is 11.9 Å². The molecule has 0 saturated carbocycles. The fourth-order valence-electron chi connectivity index (χ4n) is 2.48. The van der Waals surface area contributed by atoms with Crippen LogP contribution in [0.15, 0.2) is 36.4 Å². The topological polar surface area (TPSA) is 71.6 Å².